The minimum absolute atomic E-state index is 0.123. The number of ether oxygens (including phenoxy) is 4. The molecule has 1 N–H and O–H groups in total. The van der Waals surface area contributed by atoms with Gasteiger partial charge in [-0.3, -0.25) is 4.79 Å². The first-order valence-electron chi connectivity index (χ1n) is 9.77. The average Bonchev–Trinajstić information content (AvgIpc) is 3.11. The Morgan fingerprint density at radius 1 is 1.25 bits per heavy atom. The van der Waals surface area contributed by atoms with Crippen molar-refractivity contribution in [1.82, 2.24) is 9.97 Å². The molecule has 10 heteroatoms. The van der Waals surface area contributed by atoms with Gasteiger partial charge in [-0.15, -0.1) is 11.3 Å². The number of hydrogen-bond donors (Lipinski definition) is 1. The molecule has 0 spiro atoms. The van der Waals surface area contributed by atoms with Crippen LogP contribution in [0.1, 0.15) is 33.5 Å². The van der Waals surface area contributed by atoms with Gasteiger partial charge in [0, 0.05) is 7.11 Å². The molecule has 3 aromatic rings. The highest BCUT2D eigenvalue weighted by Crippen LogP contribution is 2.31. The number of benzene rings is 1. The van der Waals surface area contributed by atoms with Crippen LogP contribution in [0.3, 0.4) is 0 Å². The van der Waals surface area contributed by atoms with Crippen molar-refractivity contribution >= 4 is 50.2 Å². The summed E-state index contributed by atoms with van der Waals surface area (Å²) in [5.74, 6) is 0.855. The number of aromatic nitrogens is 2. The molecule has 1 aromatic carbocycles. The quantitative estimate of drug-likeness (QED) is 0.362. The lowest BCUT2D eigenvalue weighted by molar-refractivity contribution is 0.0393. The number of nitrogens with one attached hydrogen (secondary N) is 1. The highest BCUT2D eigenvalue weighted by atomic mass is 35.5. The molecule has 0 radical (unpaired) electrons. The van der Waals surface area contributed by atoms with Crippen molar-refractivity contribution in [2.24, 2.45) is 0 Å². The number of H-pyrrole nitrogens is 1. The van der Waals surface area contributed by atoms with Crippen LogP contribution in [0.4, 0.5) is 0 Å². The van der Waals surface area contributed by atoms with Gasteiger partial charge in [-0.2, -0.15) is 0 Å². The maximum absolute atomic E-state index is 12.7. The van der Waals surface area contributed by atoms with Gasteiger partial charge in [0.2, 0.25) is 0 Å². The van der Waals surface area contributed by atoms with E-state index in [4.69, 9.17) is 30.5 Å². The van der Waals surface area contributed by atoms with Crippen LogP contribution >= 0.6 is 22.9 Å². The topological polar surface area (TPSA) is 99.7 Å². The Morgan fingerprint density at radius 2 is 2.03 bits per heavy atom. The summed E-state index contributed by atoms with van der Waals surface area (Å²) in [6.45, 7) is 4.46. The molecule has 8 nitrogen and oxygen atoms in total. The fraction of sp³-hybridized carbons (Fsp3) is 0.318. The van der Waals surface area contributed by atoms with E-state index in [-0.39, 0.29) is 29.6 Å². The van der Waals surface area contributed by atoms with E-state index in [1.54, 1.807) is 32.2 Å². The minimum atomic E-state index is -0.521. The van der Waals surface area contributed by atoms with Crippen LogP contribution in [0.5, 0.6) is 11.5 Å². The van der Waals surface area contributed by atoms with Gasteiger partial charge >= 0.3 is 5.97 Å². The van der Waals surface area contributed by atoms with Gasteiger partial charge in [-0.1, -0.05) is 17.7 Å². The van der Waals surface area contributed by atoms with Crippen LogP contribution in [0.15, 0.2) is 23.0 Å². The molecule has 3 rings (SSSR count). The van der Waals surface area contributed by atoms with E-state index in [1.807, 2.05) is 13.0 Å². The summed E-state index contributed by atoms with van der Waals surface area (Å²) in [7, 11) is 3.08. The molecule has 0 aliphatic rings. The first-order valence-corrected chi connectivity index (χ1v) is 11.0. The molecule has 170 valence electrons. The van der Waals surface area contributed by atoms with E-state index >= 15 is 0 Å². The number of nitrogens with zero attached hydrogens (tertiary/aromatic N) is 1. The molecule has 2 heterocycles. The molecular formula is C22H23ClN2O6S. The highest BCUT2D eigenvalue weighted by molar-refractivity contribution is 7.20. The van der Waals surface area contributed by atoms with E-state index in [1.165, 1.54) is 7.11 Å². The molecule has 0 bridgehead atoms. The minimum Gasteiger partial charge on any atom is -0.493 e. The summed E-state index contributed by atoms with van der Waals surface area (Å²) >= 11 is 7.55. The third-order valence-electron chi connectivity index (χ3n) is 4.51. The van der Waals surface area contributed by atoms with Gasteiger partial charge in [-0.05, 0) is 43.2 Å². The van der Waals surface area contributed by atoms with Gasteiger partial charge < -0.3 is 23.9 Å². The standard InChI is InChI=1S/C22H23ClN2O6S/c1-5-30-16-11-13(6-7-15(16)29-4)10-14(23)19-24-20(26)17-12(2)18(32-21(17)25-19)22(27)31-9-8-28-3/h6-7,10-11H,5,8-9H2,1-4H3,(H,24,25,26)/b14-10-. The van der Waals surface area contributed by atoms with Crippen LogP contribution < -0.4 is 15.0 Å². The first-order chi connectivity index (χ1) is 15.4. The van der Waals surface area contributed by atoms with Gasteiger partial charge in [0.25, 0.3) is 5.56 Å². The number of aryl methyl sites for hydroxylation is 1. The van der Waals surface area contributed by atoms with Gasteiger partial charge in [0.15, 0.2) is 17.3 Å². The fourth-order valence-electron chi connectivity index (χ4n) is 3.00. The third-order valence-corrected chi connectivity index (χ3v) is 5.97. The highest BCUT2D eigenvalue weighted by Gasteiger charge is 2.21. The maximum Gasteiger partial charge on any atom is 0.348 e. The molecule has 0 unspecified atom stereocenters. The molecule has 0 aliphatic carbocycles. The fourth-order valence-corrected chi connectivity index (χ4v) is 4.29. The van der Waals surface area contributed by atoms with Crippen molar-refractivity contribution in [3.8, 4) is 11.5 Å². The van der Waals surface area contributed by atoms with Crippen molar-refractivity contribution in [3.63, 3.8) is 0 Å². The number of fused-ring (bicyclic) bond motifs is 1. The van der Waals surface area contributed by atoms with Crippen LogP contribution in [-0.2, 0) is 9.47 Å². The van der Waals surface area contributed by atoms with Crippen molar-refractivity contribution in [3.05, 3.63) is 50.4 Å². The number of esters is 1. The monoisotopic (exact) mass is 478 g/mol. The molecule has 2 aromatic heterocycles. The Bertz CT molecular complexity index is 1220. The Labute approximate surface area is 193 Å². The number of carbonyl (C=O) groups is 1. The second-order valence-electron chi connectivity index (χ2n) is 6.62. The lowest BCUT2D eigenvalue weighted by Crippen LogP contribution is -2.11. The van der Waals surface area contributed by atoms with Gasteiger partial charge in [0.1, 0.15) is 16.3 Å². The Morgan fingerprint density at radius 3 is 2.72 bits per heavy atom. The average molecular weight is 479 g/mol. The molecular weight excluding hydrogens is 456 g/mol. The van der Waals surface area contributed by atoms with E-state index < -0.39 is 5.97 Å². The predicted molar refractivity (Wildman–Crippen MR) is 125 cm³/mol. The summed E-state index contributed by atoms with van der Waals surface area (Å²) in [6.07, 6.45) is 1.66. The van der Waals surface area contributed by atoms with Crippen LogP contribution in [0.2, 0.25) is 0 Å². The lowest BCUT2D eigenvalue weighted by atomic mass is 10.2. The number of methoxy groups -OCH3 is 2. The molecule has 0 saturated heterocycles. The summed E-state index contributed by atoms with van der Waals surface area (Å²) in [6, 6.07) is 5.36. The van der Waals surface area contributed by atoms with Crippen molar-refractivity contribution in [1.29, 1.82) is 0 Å². The predicted octanol–water partition coefficient (Wildman–Crippen LogP) is 4.24. The molecule has 0 aliphatic heterocycles. The zero-order valence-corrected chi connectivity index (χ0v) is 19.7. The first kappa shape index (κ1) is 23.8. The summed E-state index contributed by atoms with van der Waals surface area (Å²) in [5.41, 5.74) is 0.877. The molecule has 32 heavy (non-hydrogen) atoms. The van der Waals surface area contributed by atoms with Gasteiger partial charge in [0.05, 0.1) is 30.7 Å². The summed E-state index contributed by atoms with van der Waals surface area (Å²) < 4.78 is 20.9. The number of hydrogen-bond acceptors (Lipinski definition) is 8. The second-order valence-corrected chi connectivity index (χ2v) is 8.02. The van der Waals surface area contributed by atoms with Crippen molar-refractivity contribution in [2.45, 2.75) is 13.8 Å². The van der Waals surface area contributed by atoms with Crippen LogP contribution in [0.25, 0.3) is 21.3 Å². The van der Waals surface area contributed by atoms with Crippen molar-refractivity contribution in [2.75, 3.05) is 34.0 Å². The number of halogens is 1. The zero-order valence-electron chi connectivity index (χ0n) is 18.1. The number of rotatable bonds is 9. The molecule has 0 amide bonds. The molecule has 0 atom stereocenters. The number of carbonyl (C=O) groups excluding carboxylic acids is 1. The zero-order chi connectivity index (χ0) is 23.3. The lowest BCUT2D eigenvalue weighted by Gasteiger charge is -2.10. The van der Waals surface area contributed by atoms with E-state index in [2.05, 4.69) is 9.97 Å². The van der Waals surface area contributed by atoms with Crippen LogP contribution in [-0.4, -0.2) is 50.0 Å². The smallest absolute Gasteiger partial charge is 0.348 e. The maximum atomic E-state index is 12.7. The van der Waals surface area contributed by atoms with Gasteiger partial charge in [-0.25, -0.2) is 9.78 Å². The third kappa shape index (κ3) is 5.12. The normalized spacial score (nSPS) is 11.6. The summed E-state index contributed by atoms with van der Waals surface area (Å²) in [5, 5.41) is 0.567. The van der Waals surface area contributed by atoms with Crippen LogP contribution in [0, 0.1) is 6.92 Å². The SMILES string of the molecule is CCOc1cc(/C=C(\Cl)c2nc3sc(C(=O)OCCOC)c(C)c3c(=O)[nH]2)ccc1OC. The molecule has 0 saturated carbocycles. The Hall–Kier alpha value is -2.88. The largest absolute Gasteiger partial charge is 0.493 e. The number of aromatic amines is 1. The second kappa shape index (κ2) is 10.6. The Kier molecular flexibility index (Phi) is 7.89. The number of thiophene rings is 1. The summed E-state index contributed by atoms with van der Waals surface area (Å²) in [4.78, 5) is 32.9. The van der Waals surface area contributed by atoms with Crippen molar-refractivity contribution < 1.29 is 23.7 Å². The molecule has 0 fully saturated rings. The van der Waals surface area contributed by atoms with E-state index in [0.29, 0.717) is 38.8 Å². The Balaban J connectivity index is 1.96. The van der Waals surface area contributed by atoms with E-state index in [0.717, 1.165) is 16.9 Å². The van der Waals surface area contributed by atoms with E-state index in [9.17, 15) is 9.59 Å².